The van der Waals surface area contributed by atoms with Crippen LogP contribution in [0.5, 0.6) is 5.75 Å². The minimum atomic E-state index is -0.450. The van der Waals surface area contributed by atoms with Gasteiger partial charge in [-0.2, -0.15) is 5.26 Å². The lowest BCUT2D eigenvalue weighted by atomic mass is 10.1. The molecule has 0 aromatic heterocycles. The zero-order valence-corrected chi connectivity index (χ0v) is 16.8. The Kier molecular flexibility index (Phi) is 7.23. The molecule has 5 heteroatoms. The number of hydrogen-bond donors (Lipinski definition) is 1. The molecule has 0 aliphatic rings. The van der Waals surface area contributed by atoms with E-state index in [4.69, 9.17) is 4.74 Å². The van der Waals surface area contributed by atoms with E-state index in [-0.39, 0.29) is 5.57 Å². The third-order valence-electron chi connectivity index (χ3n) is 4.48. The molecule has 30 heavy (non-hydrogen) atoms. The highest BCUT2D eigenvalue weighted by atomic mass is 16.5. The largest absolute Gasteiger partial charge is 0.497 e. The number of ether oxygens (including phenoxy) is 1. The van der Waals surface area contributed by atoms with Gasteiger partial charge in [-0.05, 0) is 35.4 Å². The van der Waals surface area contributed by atoms with Gasteiger partial charge in [0, 0.05) is 25.0 Å². The number of nitrogens with one attached hydrogen (secondary N) is 1. The van der Waals surface area contributed by atoms with E-state index < -0.39 is 5.91 Å². The van der Waals surface area contributed by atoms with Crippen molar-refractivity contribution >= 4 is 11.6 Å². The number of carbonyl (C=O) groups excluding carboxylic acids is 1. The monoisotopic (exact) mass is 397 g/mol. The SMILES string of the molecule is COc1ccc(NC(=O)/C(C#N)=C\N(Cc2ccccc2)Cc2ccccc2)cc1. The summed E-state index contributed by atoms with van der Waals surface area (Å²) in [6.45, 7) is 1.16. The minimum absolute atomic E-state index is 0.0395. The zero-order valence-electron chi connectivity index (χ0n) is 16.8. The maximum Gasteiger partial charge on any atom is 0.267 e. The molecule has 0 bridgehead atoms. The summed E-state index contributed by atoms with van der Waals surface area (Å²) < 4.78 is 5.13. The van der Waals surface area contributed by atoms with Crippen LogP contribution in [0.1, 0.15) is 11.1 Å². The van der Waals surface area contributed by atoms with Gasteiger partial charge in [0.25, 0.3) is 5.91 Å². The van der Waals surface area contributed by atoms with Gasteiger partial charge in [-0.15, -0.1) is 0 Å². The van der Waals surface area contributed by atoms with Crippen molar-refractivity contribution in [3.05, 3.63) is 108 Å². The summed E-state index contributed by atoms with van der Waals surface area (Å²) in [6, 6.07) is 28.9. The molecule has 3 aromatic rings. The van der Waals surface area contributed by atoms with E-state index in [0.29, 0.717) is 24.5 Å². The second kappa shape index (κ2) is 10.5. The van der Waals surface area contributed by atoms with Crippen LogP contribution in [-0.2, 0) is 17.9 Å². The Bertz CT molecular complexity index is 982. The van der Waals surface area contributed by atoms with Crippen molar-refractivity contribution in [1.29, 1.82) is 5.26 Å². The number of hydrogen-bond acceptors (Lipinski definition) is 4. The van der Waals surface area contributed by atoms with Crippen molar-refractivity contribution in [3.63, 3.8) is 0 Å². The molecule has 0 radical (unpaired) electrons. The number of benzene rings is 3. The normalized spacial score (nSPS) is 10.7. The van der Waals surface area contributed by atoms with Gasteiger partial charge in [0.15, 0.2) is 0 Å². The van der Waals surface area contributed by atoms with Gasteiger partial charge in [0.1, 0.15) is 17.4 Å². The minimum Gasteiger partial charge on any atom is -0.497 e. The van der Waals surface area contributed by atoms with Crippen LogP contribution in [-0.4, -0.2) is 17.9 Å². The Balaban J connectivity index is 1.80. The summed E-state index contributed by atoms with van der Waals surface area (Å²) in [7, 11) is 1.58. The summed E-state index contributed by atoms with van der Waals surface area (Å²) in [5.74, 6) is 0.245. The number of anilines is 1. The molecule has 0 aliphatic heterocycles. The van der Waals surface area contributed by atoms with E-state index in [1.165, 1.54) is 0 Å². The van der Waals surface area contributed by atoms with Gasteiger partial charge in [0.05, 0.1) is 7.11 Å². The van der Waals surface area contributed by atoms with Crippen molar-refractivity contribution in [3.8, 4) is 11.8 Å². The molecule has 1 N–H and O–H groups in total. The summed E-state index contributed by atoms with van der Waals surface area (Å²) in [6.07, 6.45) is 1.62. The number of rotatable bonds is 8. The predicted octanol–water partition coefficient (Wildman–Crippen LogP) is 4.74. The van der Waals surface area contributed by atoms with E-state index in [1.807, 2.05) is 71.6 Å². The Morgan fingerprint density at radius 2 is 1.47 bits per heavy atom. The van der Waals surface area contributed by atoms with Gasteiger partial charge < -0.3 is 15.0 Å². The molecule has 0 fully saturated rings. The quantitative estimate of drug-likeness (QED) is 0.440. The van der Waals surface area contributed by atoms with Crippen LogP contribution in [0.15, 0.2) is 96.7 Å². The molecule has 0 unspecified atom stereocenters. The van der Waals surface area contributed by atoms with E-state index >= 15 is 0 Å². The summed E-state index contributed by atoms with van der Waals surface area (Å²) in [5.41, 5.74) is 2.83. The fourth-order valence-electron chi connectivity index (χ4n) is 2.98. The molecule has 0 atom stereocenters. The molecule has 3 rings (SSSR count). The molecule has 5 nitrogen and oxygen atoms in total. The first-order valence-corrected chi connectivity index (χ1v) is 9.57. The van der Waals surface area contributed by atoms with Gasteiger partial charge in [-0.25, -0.2) is 0 Å². The van der Waals surface area contributed by atoms with Crippen LogP contribution in [0.25, 0.3) is 0 Å². The second-order valence-electron chi connectivity index (χ2n) is 6.71. The van der Waals surface area contributed by atoms with E-state index in [1.54, 1.807) is 37.6 Å². The maximum absolute atomic E-state index is 12.7. The highest BCUT2D eigenvalue weighted by molar-refractivity contribution is 6.06. The molecular formula is C25H23N3O2. The summed E-state index contributed by atoms with van der Waals surface area (Å²) in [5, 5.41) is 12.4. The van der Waals surface area contributed by atoms with Crippen LogP contribution < -0.4 is 10.1 Å². The number of carbonyl (C=O) groups is 1. The highest BCUT2D eigenvalue weighted by Crippen LogP contribution is 2.17. The van der Waals surface area contributed by atoms with Crippen molar-refractivity contribution in [2.45, 2.75) is 13.1 Å². The molecule has 0 saturated heterocycles. The van der Waals surface area contributed by atoms with E-state index in [2.05, 4.69) is 5.32 Å². The fraction of sp³-hybridized carbons (Fsp3) is 0.120. The average Bonchev–Trinajstić information content (AvgIpc) is 2.79. The predicted molar refractivity (Wildman–Crippen MR) is 117 cm³/mol. The van der Waals surface area contributed by atoms with Crippen LogP contribution in [0.4, 0.5) is 5.69 Å². The van der Waals surface area contributed by atoms with Crippen molar-refractivity contribution < 1.29 is 9.53 Å². The van der Waals surface area contributed by atoms with Crippen LogP contribution in [0.2, 0.25) is 0 Å². The van der Waals surface area contributed by atoms with Crippen molar-refractivity contribution in [2.24, 2.45) is 0 Å². The maximum atomic E-state index is 12.7. The average molecular weight is 397 g/mol. The molecule has 0 aliphatic carbocycles. The number of nitrogens with zero attached hydrogens (tertiary/aromatic N) is 2. The Morgan fingerprint density at radius 1 is 0.933 bits per heavy atom. The van der Waals surface area contributed by atoms with Gasteiger partial charge >= 0.3 is 0 Å². The van der Waals surface area contributed by atoms with E-state index in [0.717, 1.165) is 11.1 Å². The lowest BCUT2D eigenvalue weighted by Gasteiger charge is -2.21. The first-order valence-electron chi connectivity index (χ1n) is 9.57. The lowest BCUT2D eigenvalue weighted by Crippen LogP contribution is -2.21. The molecule has 1 amide bonds. The fourth-order valence-corrected chi connectivity index (χ4v) is 2.98. The molecule has 0 spiro atoms. The number of nitriles is 1. The summed E-state index contributed by atoms with van der Waals surface area (Å²) >= 11 is 0. The third-order valence-corrected chi connectivity index (χ3v) is 4.48. The molecule has 0 heterocycles. The topological polar surface area (TPSA) is 65.4 Å². The standard InChI is InChI=1S/C25H23N3O2/c1-30-24-14-12-23(13-15-24)27-25(29)22(16-26)19-28(17-20-8-4-2-5-9-20)18-21-10-6-3-7-11-21/h2-15,19H,17-18H2,1H3,(H,27,29)/b22-19-. The third kappa shape index (κ3) is 5.98. The smallest absolute Gasteiger partial charge is 0.267 e. The Hall–Kier alpha value is -4.04. The van der Waals surface area contributed by atoms with Gasteiger partial charge in [-0.3, -0.25) is 4.79 Å². The van der Waals surface area contributed by atoms with Crippen LogP contribution in [0, 0.1) is 11.3 Å². The zero-order chi connectivity index (χ0) is 21.2. The highest BCUT2D eigenvalue weighted by Gasteiger charge is 2.13. The van der Waals surface area contributed by atoms with Crippen LogP contribution >= 0.6 is 0 Å². The second-order valence-corrected chi connectivity index (χ2v) is 6.71. The van der Waals surface area contributed by atoms with Crippen molar-refractivity contribution in [2.75, 3.05) is 12.4 Å². The van der Waals surface area contributed by atoms with Gasteiger partial charge in [0.2, 0.25) is 0 Å². The lowest BCUT2D eigenvalue weighted by molar-refractivity contribution is -0.112. The van der Waals surface area contributed by atoms with Crippen LogP contribution in [0.3, 0.4) is 0 Å². The number of amides is 1. The molecule has 3 aromatic carbocycles. The first-order chi connectivity index (χ1) is 14.7. The number of methoxy groups -OCH3 is 1. The van der Waals surface area contributed by atoms with E-state index in [9.17, 15) is 10.1 Å². The molecule has 0 saturated carbocycles. The Labute approximate surface area is 176 Å². The van der Waals surface area contributed by atoms with Crippen molar-refractivity contribution in [1.82, 2.24) is 4.90 Å². The molecule has 150 valence electrons. The Morgan fingerprint density at radius 3 is 1.93 bits per heavy atom. The molecular weight excluding hydrogens is 374 g/mol. The summed E-state index contributed by atoms with van der Waals surface area (Å²) in [4.78, 5) is 14.6. The van der Waals surface area contributed by atoms with Gasteiger partial charge in [-0.1, -0.05) is 60.7 Å². The first kappa shape index (κ1) is 20.7.